The van der Waals surface area contributed by atoms with Crippen LogP contribution in [0.1, 0.15) is 66.6 Å². The highest BCUT2D eigenvalue weighted by molar-refractivity contribution is 5.89. The van der Waals surface area contributed by atoms with Crippen LogP contribution in [0.2, 0.25) is 0 Å². The van der Waals surface area contributed by atoms with Crippen LogP contribution in [0.25, 0.3) is 0 Å². The van der Waals surface area contributed by atoms with Crippen molar-refractivity contribution in [3.05, 3.63) is 101 Å². The highest BCUT2D eigenvalue weighted by Crippen LogP contribution is 2.27. The third-order valence-electron chi connectivity index (χ3n) is 6.82. The van der Waals surface area contributed by atoms with Crippen LogP contribution >= 0.6 is 0 Å². The zero-order chi connectivity index (χ0) is 25.7. The first-order valence-electron chi connectivity index (χ1n) is 12.6. The molecule has 6 heteroatoms. The van der Waals surface area contributed by atoms with Gasteiger partial charge in [-0.2, -0.15) is 0 Å². The molecular weight excluding hydrogens is 453 g/mol. The summed E-state index contributed by atoms with van der Waals surface area (Å²) in [6, 6.07) is 20.5. The second kappa shape index (κ2) is 11.5. The van der Waals surface area contributed by atoms with Gasteiger partial charge in [0.2, 0.25) is 11.8 Å². The van der Waals surface area contributed by atoms with Crippen LogP contribution in [0.15, 0.2) is 72.9 Å². The molecule has 1 aromatic heterocycles. The first-order chi connectivity index (χ1) is 17.3. The summed E-state index contributed by atoms with van der Waals surface area (Å²) < 4.78 is 14.5. The maximum Gasteiger partial charge on any atom is 0.243 e. The zero-order valence-electron chi connectivity index (χ0n) is 21.2. The number of likely N-dealkylation sites (tertiary alicyclic amines) is 1. The van der Waals surface area contributed by atoms with Gasteiger partial charge in [0.25, 0.3) is 0 Å². The van der Waals surface area contributed by atoms with Crippen molar-refractivity contribution in [2.75, 3.05) is 6.54 Å². The van der Waals surface area contributed by atoms with E-state index in [1.807, 2.05) is 61.5 Å². The number of halogens is 1. The fourth-order valence-corrected chi connectivity index (χ4v) is 4.78. The summed E-state index contributed by atoms with van der Waals surface area (Å²) in [7, 11) is 0. The van der Waals surface area contributed by atoms with Crippen molar-refractivity contribution in [2.45, 2.75) is 64.2 Å². The molecule has 2 aromatic carbocycles. The first kappa shape index (κ1) is 25.5. The Morgan fingerprint density at radius 1 is 1.03 bits per heavy atom. The van der Waals surface area contributed by atoms with Gasteiger partial charge in [0.15, 0.2) is 0 Å². The molecule has 1 fully saturated rings. The molecule has 3 aromatic rings. The fourth-order valence-electron chi connectivity index (χ4n) is 4.78. The number of hydrogen-bond acceptors (Lipinski definition) is 3. The van der Waals surface area contributed by atoms with Crippen molar-refractivity contribution in [1.82, 2.24) is 15.2 Å². The number of rotatable bonds is 8. The van der Waals surface area contributed by atoms with Crippen LogP contribution in [0.5, 0.6) is 0 Å². The van der Waals surface area contributed by atoms with Crippen molar-refractivity contribution < 1.29 is 14.0 Å². The Bertz CT molecular complexity index is 1180. The summed E-state index contributed by atoms with van der Waals surface area (Å²) in [5.41, 5.74) is 4.98. The number of carbonyl (C=O) groups is 2. The average molecular weight is 488 g/mol. The molecule has 3 atom stereocenters. The highest BCUT2D eigenvalue weighted by Gasteiger charge is 2.40. The van der Waals surface area contributed by atoms with E-state index < -0.39 is 18.3 Å². The Labute approximate surface area is 212 Å². The predicted molar refractivity (Wildman–Crippen MR) is 139 cm³/mol. The minimum Gasteiger partial charge on any atom is -0.343 e. The number of aryl methyl sites for hydroxylation is 2. The number of benzene rings is 2. The summed E-state index contributed by atoms with van der Waals surface area (Å²) in [6.45, 7) is 6.13. The van der Waals surface area contributed by atoms with Crippen LogP contribution in [0, 0.1) is 6.92 Å². The molecule has 1 saturated heterocycles. The Hall–Kier alpha value is -3.54. The molecule has 1 aliphatic rings. The second-order valence-corrected chi connectivity index (χ2v) is 9.87. The number of hydrogen-bond donors (Lipinski definition) is 1. The van der Waals surface area contributed by atoms with Crippen LogP contribution in [0.4, 0.5) is 4.39 Å². The molecule has 0 saturated carbocycles. The van der Waals surface area contributed by atoms with Crippen molar-refractivity contribution in [1.29, 1.82) is 0 Å². The van der Waals surface area contributed by atoms with E-state index in [1.54, 1.807) is 6.20 Å². The molecular formula is C30H34FN3O2. The monoisotopic (exact) mass is 487 g/mol. The Morgan fingerprint density at radius 3 is 2.36 bits per heavy atom. The first-order valence-corrected chi connectivity index (χ1v) is 12.6. The molecule has 2 heterocycles. The van der Waals surface area contributed by atoms with E-state index in [-0.39, 0.29) is 31.2 Å². The Kier molecular flexibility index (Phi) is 8.14. The van der Waals surface area contributed by atoms with E-state index in [2.05, 4.69) is 36.3 Å². The lowest BCUT2D eigenvalue weighted by Crippen LogP contribution is -2.47. The number of pyridine rings is 1. The molecule has 0 spiro atoms. The third kappa shape index (κ3) is 6.17. The van der Waals surface area contributed by atoms with Gasteiger partial charge in [-0.25, -0.2) is 4.39 Å². The molecule has 0 radical (unpaired) electrons. The molecule has 1 N–H and O–H groups in total. The lowest BCUT2D eigenvalue weighted by Gasteiger charge is -2.27. The highest BCUT2D eigenvalue weighted by atomic mass is 19.1. The summed E-state index contributed by atoms with van der Waals surface area (Å²) in [6.07, 6.45) is 1.27. The molecule has 1 aliphatic heterocycles. The average Bonchev–Trinajstić information content (AvgIpc) is 3.28. The van der Waals surface area contributed by atoms with Crippen molar-refractivity contribution >= 4 is 11.8 Å². The van der Waals surface area contributed by atoms with Crippen LogP contribution < -0.4 is 5.32 Å². The summed E-state index contributed by atoms with van der Waals surface area (Å²) in [5, 5.41) is 3.12. The van der Waals surface area contributed by atoms with Crippen LogP contribution in [-0.2, 0) is 16.0 Å². The molecule has 5 nitrogen and oxygen atoms in total. The minimum atomic E-state index is -1.21. The van der Waals surface area contributed by atoms with Gasteiger partial charge in [-0.05, 0) is 53.6 Å². The Balaban J connectivity index is 1.50. The van der Waals surface area contributed by atoms with E-state index in [1.165, 1.54) is 10.5 Å². The normalized spacial score (nSPS) is 18.3. The fraction of sp³-hybridized carbons (Fsp3) is 0.367. The molecule has 188 valence electrons. The van der Waals surface area contributed by atoms with E-state index in [4.69, 9.17) is 0 Å². The number of nitrogens with zero attached hydrogens (tertiary/aromatic N) is 2. The Morgan fingerprint density at radius 2 is 1.69 bits per heavy atom. The van der Waals surface area contributed by atoms with Crippen molar-refractivity contribution in [3.8, 4) is 0 Å². The van der Waals surface area contributed by atoms with Crippen LogP contribution in [-0.4, -0.2) is 40.5 Å². The number of amides is 2. The molecule has 0 aliphatic carbocycles. The number of nitrogens with one attached hydrogen (secondary N) is 1. The van der Waals surface area contributed by atoms with E-state index >= 15 is 0 Å². The quantitative estimate of drug-likeness (QED) is 0.470. The van der Waals surface area contributed by atoms with Gasteiger partial charge in [0.05, 0.1) is 12.6 Å². The molecule has 0 bridgehead atoms. The second-order valence-electron chi connectivity index (χ2n) is 9.87. The lowest BCUT2D eigenvalue weighted by atomic mass is 9.95. The summed E-state index contributed by atoms with van der Waals surface area (Å²) in [4.78, 5) is 32.1. The largest absolute Gasteiger partial charge is 0.343 e. The number of alkyl halides is 1. The topological polar surface area (TPSA) is 62.3 Å². The van der Waals surface area contributed by atoms with E-state index in [0.29, 0.717) is 12.3 Å². The maximum atomic E-state index is 14.5. The zero-order valence-corrected chi connectivity index (χ0v) is 21.2. The SMILES string of the molecule is Cc1cc(CCC(=O)N2C[C@H](F)C[C@H]2C(=O)N[C@@H](c2ccccc2)c2ccc(C(C)C)cc2)ccn1. The van der Waals surface area contributed by atoms with Gasteiger partial charge in [0, 0.05) is 24.7 Å². The predicted octanol–water partition coefficient (Wildman–Crippen LogP) is 5.29. The van der Waals surface area contributed by atoms with Crippen molar-refractivity contribution in [2.24, 2.45) is 0 Å². The molecule has 4 rings (SSSR count). The van der Waals surface area contributed by atoms with E-state index in [0.717, 1.165) is 22.4 Å². The van der Waals surface area contributed by atoms with Crippen LogP contribution in [0.3, 0.4) is 0 Å². The van der Waals surface area contributed by atoms with Gasteiger partial charge in [-0.3, -0.25) is 14.6 Å². The smallest absolute Gasteiger partial charge is 0.243 e. The molecule has 36 heavy (non-hydrogen) atoms. The maximum absolute atomic E-state index is 14.5. The molecule has 0 unspecified atom stereocenters. The van der Waals surface area contributed by atoms with Crippen molar-refractivity contribution in [3.63, 3.8) is 0 Å². The molecule has 2 amide bonds. The number of carbonyl (C=O) groups excluding carboxylic acids is 2. The lowest BCUT2D eigenvalue weighted by molar-refractivity contribution is -0.138. The van der Waals surface area contributed by atoms with E-state index in [9.17, 15) is 14.0 Å². The van der Waals surface area contributed by atoms with Gasteiger partial charge < -0.3 is 10.2 Å². The van der Waals surface area contributed by atoms with Gasteiger partial charge in [-0.1, -0.05) is 68.4 Å². The standard InChI is InChI=1S/C30H34FN3O2/c1-20(2)23-10-12-25(13-11-23)29(24-7-5-4-6-8-24)33-30(36)27-18-26(31)19-34(27)28(35)14-9-22-15-16-32-21(3)17-22/h4-8,10-13,15-17,20,26-27,29H,9,14,18-19H2,1-3H3,(H,33,36)/t26-,27+,29+/m1/s1. The number of aromatic nitrogens is 1. The third-order valence-corrected chi connectivity index (χ3v) is 6.82. The van der Waals surface area contributed by atoms with Gasteiger partial charge >= 0.3 is 0 Å². The summed E-state index contributed by atoms with van der Waals surface area (Å²) >= 11 is 0. The summed E-state index contributed by atoms with van der Waals surface area (Å²) in [5.74, 6) is -0.133. The minimum absolute atomic E-state index is 0.0136. The van der Waals surface area contributed by atoms with Gasteiger partial charge in [-0.15, -0.1) is 0 Å². The van der Waals surface area contributed by atoms with Gasteiger partial charge in [0.1, 0.15) is 12.2 Å².